The molecule has 0 unspecified atom stereocenters. The topological polar surface area (TPSA) is 70.8 Å². The lowest BCUT2D eigenvalue weighted by atomic mass is 10.1. The van der Waals surface area contributed by atoms with Crippen LogP contribution in [0.1, 0.15) is 64.0 Å². The van der Waals surface area contributed by atoms with Gasteiger partial charge in [0.05, 0.1) is 0 Å². The lowest BCUT2D eigenvalue weighted by molar-refractivity contribution is 0.0746. The summed E-state index contributed by atoms with van der Waals surface area (Å²) in [6, 6.07) is 9.07. The number of amides is 1. The van der Waals surface area contributed by atoms with E-state index >= 15 is 0 Å². The van der Waals surface area contributed by atoms with Crippen molar-refractivity contribution in [1.82, 2.24) is 14.0 Å². The monoisotopic (exact) mass is 455 g/mol. The molecule has 180 valence electrons. The average molecular weight is 456 g/mol. The second kappa shape index (κ2) is 10.3. The molecule has 0 saturated carbocycles. The number of nitrogens with zero attached hydrogens (tertiary/aromatic N) is 5. The zero-order valence-corrected chi connectivity index (χ0v) is 20.7. The Labute approximate surface area is 196 Å². The third kappa shape index (κ3) is 4.99. The molecule has 1 amide bonds. The first-order chi connectivity index (χ1) is 15.7. The Balaban J connectivity index is 1.77. The smallest absolute Gasteiger partial charge is 0.333 e. The molecule has 0 bridgehead atoms. The highest BCUT2D eigenvalue weighted by molar-refractivity contribution is 5.94. The van der Waals surface area contributed by atoms with E-state index in [1.807, 2.05) is 61.8 Å². The van der Waals surface area contributed by atoms with Crippen LogP contribution in [0.2, 0.25) is 0 Å². The van der Waals surface area contributed by atoms with Crippen molar-refractivity contribution >= 4 is 17.4 Å². The molecule has 0 aliphatic carbocycles. The molecule has 0 N–H and O–H groups in total. The largest absolute Gasteiger partial charge is 0.372 e. The van der Waals surface area contributed by atoms with Crippen LogP contribution in [0.4, 0.5) is 11.5 Å². The van der Waals surface area contributed by atoms with Gasteiger partial charge < -0.3 is 14.7 Å². The highest BCUT2D eigenvalue weighted by Crippen LogP contribution is 2.20. The first kappa shape index (κ1) is 24.6. The van der Waals surface area contributed by atoms with Gasteiger partial charge in [-0.1, -0.05) is 0 Å². The van der Waals surface area contributed by atoms with Crippen molar-refractivity contribution in [3.05, 3.63) is 56.7 Å². The van der Waals surface area contributed by atoms with Gasteiger partial charge >= 0.3 is 5.69 Å². The van der Waals surface area contributed by atoms with Gasteiger partial charge in [-0.15, -0.1) is 0 Å². The van der Waals surface area contributed by atoms with Crippen LogP contribution in [0.15, 0.2) is 39.9 Å². The number of hydrogen-bond donors (Lipinski definition) is 0. The fourth-order valence-corrected chi connectivity index (χ4v) is 4.49. The number of carbonyl (C=O) groups excluding carboxylic acids is 1. The Kier molecular flexibility index (Phi) is 7.66. The number of rotatable bonds is 7. The summed E-state index contributed by atoms with van der Waals surface area (Å²) in [6.07, 6.45) is 0. The molecule has 0 atom stereocenters. The van der Waals surface area contributed by atoms with Crippen molar-refractivity contribution in [2.45, 2.75) is 53.6 Å². The molecule has 2 aromatic rings. The van der Waals surface area contributed by atoms with Crippen LogP contribution < -0.4 is 21.0 Å². The summed E-state index contributed by atoms with van der Waals surface area (Å²) in [5, 5.41) is 0. The van der Waals surface area contributed by atoms with Crippen molar-refractivity contribution in [3.63, 3.8) is 0 Å². The number of aromatic nitrogens is 2. The number of carbonyl (C=O) groups is 1. The highest BCUT2D eigenvalue weighted by Gasteiger charge is 2.26. The average Bonchev–Trinajstić information content (AvgIpc) is 2.79. The normalized spacial score (nSPS) is 14.3. The Bertz CT molecular complexity index is 1070. The minimum atomic E-state index is -0.284. The molecule has 1 aromatic heterocycles. The Morgan fingerprint density at radius 3 is 1.91 bits per heavy atom. The summed E-state index contributed by atoms with van der Waals surface area (Å²) in [6.45, 7) is 15.9. The third-order valence-electron chi connectivity index (χ3n) is 6.32. The van der Waals surface area contributed by atoms with Crippen molar-refractivity contribution in [2.75, 3.05) is 49.1 Å². The molecule has 0 radical (unpaired) electrons. The summed E-state index contributed by atoms with van der Waals surface area (Å²) < 4.78 is 2.98. The zero-order chi connectivity index (χ0) is 24.3. The molecule has 8 nitrogen and oxygen atoms in total. The van der Waals surface area contributed by atoms with Crippen molar-refractivity contribution in [1.29, 1.82) is 0 Å². The zero-order valence-electron chi connectivity index (χ0n) is 20.7. The minimum Gasteiger partial charge on any atom is -0.372 e. The maximum Gasteiger partial charge on any atom is 0.333 e. The van der Waals surface area contributed by atoms with Crippen LogP contribution in [-0.2, 0) is 0 Å². The lowest BCUT2D eigenvalue weighted by Crippen LogP contribution is -2.51. The first-order valence-electron chi connectivity index (χ1n) is 12.0. The van der Waals surface area contributed by atoms with E-state index in [9.17, 15) is 14.4 Å². The summed E-state index contributed by atoms with van der Waals surface area (Å²) in [7, 11) is 0. The number of benzene rings is 1. The molecule has 1 aliphatic heterocycles. The van der Waals surface area contributed by atoms with E-state index < -0.39 is 0 Å². The third-order valence-corrected chi connectivity index (χ3v) is 6.32. The van der Waals surface area contributed by atoms with E-state index in [-0.39, 0.29) is 29.2 Å². The van der Waals surface area contributed by atoms with Gasteiger partial charge in [-0.25, -0.2) is 4.79 Å². The van der Waals surface area contributed by atoms with Crippen LogP contribution in [-0.4, -0.2) is 59.2 Å². The second-order valence-corrected chi connectivity index (χ2v) is 9.05. The summed E-state index contributed by atoms with van der Waals surface area (Å²) in [5.74, 6) is 0.643. The lowest BCUT2D eigenvalue weighted by Gasteiger charge is -2.37. The predicted molar refractivity (Wildman–Crippen MR) is 134 cm³/mol. The summed E-state index contributed by atoms with van der Waals surface area (Å²) in [4.78, 5) is 44.9. The maximum absolute atomic E-state index is 13.1. The standard InChI is InChI=1S/C25H37N5O3/c1-7-26(8-2)21-11-9-20(10-12-21)24(32)28-15-13-27(14-16-28)22-17-23(31)30(19(5)6)25(33)29(22)18(3)4/h9-12,17-19H,7-8,13-16H2,1-6H3. The van der Waals surface area contributed by atoms with Crippen molar-refractivity contribution < 1.29 is 4.79 Å². The van der Waals surface area contributed by atoms with E-state index in [0.717, 1.165) is 18.8 Å². The van der Waals surface area contributed by atoms with Crippen LogP contribution in [0.3, 0.4) is 0 Å². The van der Waals surface area contributed by atoms with Gasteiger partial charge in [0.2, 0.25) is 0 Å². The highest BCUT2D eigenvalue weighted by atomic mass is 16.2. The van der Waals surface area contributed by atoms with Crippen molar-refractivity contribution in [3.8, 4) is 0 Å². The van der Waals surface area contributed by atoms with E-state index in [1.165, 1.54) is 4.57 Å². The summed E-state index contributed by atoms with van der Waals surface area (Å²) >= 11 is 0. The molecule has 3 rings (SSSR count). The van der Waals surface area contributed by atoms with E-state index in [2.05, 4.69) is 18.7 Å². The van der Waals surface area contributed by atoms with Gasteiger partial charge in [0.25, 0.3) is 11.5 Å². The van der Waals surface area contributed by atoms with Crippen LogP contribution in [0, 0.1) is 0 Å². The van der Waals surface area contributed by atoms with Gasteiger partial charge in [-0.3, -0.25) is 18.7 Å². The maximum atomic E-state index is 13.1. The van der Waals surface area contributed by atoms with Crippen LogP contribution >= 0.6 is 0 Å². The van der Waals surface area contributed by atoms with E-state index in [0.29, 0.717) is 37.6 Å². The molecule has 0 spiro atoms. The number of anilines is 2. The Morgan fingerprint density at radius 1 is 0.879 bits per heavy atom. The number of piperazine rings is 1. The van der Waals surface area contributed by atoms with Gasteiger partial charge in [0, 0.05) is 68.7 Å². The predicted octanol–water partition coefficient (Wildman–Crippen LogP) is 2.98. The van der Waals surface area contributed by atoms with Gasteiger partial charge in [0.1, 0.15) is 5.82 Å². The molecule has 1 aromatic carbocycles. The van der Waals surface area contributed by atoms with Crippen molar-refractivity contribution in [2.24, 2.45) is 0 Å². The fourth-order valence-electron chi connectivity index (χ4n) is 4.49. The fraction of sp³-hybridized carbons (Fsp3) is 0.560. The quantitative estimate of drug-likeness (QED) is 0.642. The van der Waals surface area contributed by atoms with Crippen LogP contribution in [0.25, 0.3) is 0 Å². The Morgan fingerprint density at radius 2 is 1.42 bits per heavy atom. The molecular formula is C25H37N5O3. The molecule has 1 fully saturated rings. The molecule has 1 aliphatic rings. The second-order valence-electron chi connectivity index (χ2n) is 9.05. The van der Waals surface area contributed by atoms with Crippen LogP contribution in [0.5, 0.6) is 0 Å². The molecular weight excluding hydrogens is 418 g/mol. The minimum absolute atomic E-state index is 0.0113. The first-order valence-corrected chi connectivity index (χ1v) is 12.0. The number of hydrogen-bond acceptors (Lipinski definition) is 5. The van der Waals surface area contributed by atoms with Gasteiger partial charge in [0.15, 0.2) is 0 Å². The van der Waals surface area contributed by atoms with E-state index in [1.54, 1.807) is 10.6 Å². The molecule has 33 heavy (non-hydrogen) atoms. The summed E-state index contributed by atoms with van der Waals surface area (Å²) in [5.41, 5.74) is 1.23. The molecule has 2 heterocycles. The molecule has 1 saturated heterocycles. The Hall–Kier alpha value is -3.03. The van der Waals surface area contributed by atoms with Gasteiger partial charge in [-0.2, -0.15) is 0 Å². The van der Waals surface area contributed by atoms with Gasteiger partial charge in [-0.05, 0) is 65.8 Å². The van der Waals surface area contributed by atoms with E-state index in [4.69, 9.17) is 0 Å². The SMILES string of the molecule is CCN(CC)c1ccc(C(=O)N2CCN(c3cc(=O)n(C(C)C)c(=O)n3C(C)C)CC2)cc1. The molecule has 8 heteroatoms.